The van der Waals surface area contributed by atoms with E-state index in [1.54, 1.807) is 43.5 Å². The van der Waals surface area contributed by atoms with Gasteiger partial charge < -0.3 is 14.8 Å². The van der Waals surface area contributed by atoms with Crippen LogP contribution in [0.15, 0.2) is 59.5 Å². The predicted molar refractivity (Wildman–Crippen MR) is 150 cm³/mol. The molecule has 4 rings (SSSR count). The number of amides is 1. The summed E-state index contributed by atoms with van der Waals surface area (Å²) >= 11 is 0. The molecule has 1 aliphatic heterocycles. The highest BCUT2D eigenvalue weighted by Crippen LogP contribution is 2.38. The molecule has 3 aromatic rings. The van der Waals surface area contributed by atoms with E-state index in [4.69, 9.17) is 9.47 Å². The van der Waals surface area contributed by atoms with Crippen molar-refractivity contribution >= 4 is 21.6 Å². The number of nitrogens with zero attached hydrogens (tertiary/aromatic N) is 1. The number of carbonyl (C=O) groups excluding carboxylic acids is 1. The number of anilines is 1. The molecule has 202 valence electrons. The maximum atomic E-state index is 13.7. The molecule has 1 N–H and O–H groups in total. The monoisotopic (exact) mass is 536 g/mol. The molecule has 0 bridgehead atoms. The summed E-state index contributed by atoms with van der Waals surface area (Å²) in [5.41, 5.74) is 5.31. The van der Waals surface area contributed by atoms with Crippen molar-refractivity contribution in [2.75, 3.05) is 18.0 Å². The standard InChI is InChI=1S/C30H36N2O5S/c1-18(2)24-16-25(21(5)15-27(24)36-7)22(6)31-30(33)29-17-32(26-13-10-20(4)14-28(26)37-29)38(34,35)23-11-8-19(3)9-12-23/h8-16,18,22,29H,17H2,1-7H3,(H,31,33). The summed E-state index contributed by atoms with van der Waals surface area (Å²) in [6, 6.07) is 15.7. The summed E-state index contributed by atoms with van der Waals surface area (Å²) in [7, 11) is -2.27. The lowest BCUT2D eigenvalue weighted by atomic mass is 9.93. The minimum absolute atomic E-state index is 0.135. The highest BCUT2D eigenvalue weighted by Gasteiger charge is 2.38. The fourth-order valence-electron chi connectivity index (χ4n) is 4.76. The van der Waals surface area contributed by atoms with E-state index >= 15 is 0 Å². The third-order valence-electron chi connectivity index (χ3n) is 6.95. The highest BCUT2D eigenvalue weighted by molar-refractivity contribution is 7.92. The van der Waals surface area contributed by atoms with Crippen molar-refractivity contribution in [2.45, 2.75) is 64.5 Å². The fraction of sp³-hybridized carbons (Fsp3) is 0.367. The smallest absolute Gasteiger partial charge is 0.264 e. The van der Waals surface area contributed by atoms with E-state index in [0.29, 0.717) is 11.4 Å². The van der Waals surface area contributed by atoms with Crippen molar-refractivity contribution in [3.63, 3.8) is 0 Å². The van der Waals surface area contributed by atoms with Gasteiger partial charge in [-0.2, -0.15) is 0 Å². The first-order valence-electron chi connectivity index (χ1n) is 12.8. The molecule has 8 heteroatoms. The van der Waals surface area contributed by atoms with Crippen molar-refractivity contribution in [2.24, 2.45) is 0 Å². The number of sulfonamides is 1. The average Bonchev–Trinajstić information content (AvgIpc) is 2.87. The molecule has 1 aliphatic rings. The van der Waals surface area contributed by atoms with Gasteiger partial charge in [0.2, 0.25) is 0 Å². The zero-order valence-corrected chi connectivity index (χ0v) is 23.8. The van der Waals surface area contributed by atoms with Crippen LogP contribution in [0, 0.1) is 20.8 Å². The van der Waals surface area contributed by atoms with E-state index in [2.05, 4.69) is 25.2 Å². The van der Waals surface area contributed by atoms with Crippen LogP contribution in [0.25, 0.3) is 0 Å². The maximum Gasteiger partial charge on any atom is 0.264 e. The molecule has 1 amide bonds. The SMILES string of the molecule is COc1cc(C)c(C(C)NC(=O)C2CN(S(=O)(=O)c3ccc(C)cc3)c3ccc(C)cc3O2)cc1C(C)C. The minimum Gasteiger partial charge on any atom is -0.496 e. The first-order valence-corrected chi connectivity index (χ1v) is 14.2. The molecule has 0 saturated carbocycles. The molecule has 0 radical (unpaired) electrons. The Morgan fingerprint density at radius 2 is 1.63 bits per heavy atom. The fourth-order valence-corrected chi connectivity index (χ4v) is 6.23. The molecule has 2 atom stereocenters. The van der Waals surface area contributed by atoms with Crippen LogP contribution in [-0.4, -0.2) is 34.1 Å². The second kappa shape index (κ2) is 10.7. The Kier molecular flexibility index (Phi) is 7.74. The quantitative estimate of drug-likeness (QED) is 0.426. The van der Waals surface area contributed by atoms with Crippen molar-refractivity contribution in [1.82, 2.24) is 5.32 Å². The van der Waals surface area contributed by atoms with E-state index in [0.717, 1.165) is 33.6 Å². The Bertz CT molecular complexity index is 1450. The van der Waals surface area contributed by atoms with Crippen LogP contribution in [0.2, 0.25) is 0 Å². The van der Waals surface area contributed by atoms with Crippen LogP contribution in [0.4, 0.5) is 5.69 Å². The van der Waals surface area contributed by atoms with Gasteiger partial charge in [-0.3, -0.25) is 9.10 Å². The van der Waals surface area contributed by atoms with Crippen LogP contribution in [0.3, 0.4) is 0 Å². The number of hydrogen-bond donors (Lipinski definition) is 1. The van der Waals surface area contributed by atoms with Gasteiger partial charge in [0, 0.05) is 0 Å². The molecular formula is C30H36N2O5S. The highest BCUT2D eigenvalue weighted by atomic mass is 32.2. The summed E-state index contributed by atoms with van der Waals surface area (Å²) < 4.78 is 40.3. The predicted octanol–water partition coefficient (Wildman–Crippen LogP) is 5.58. The third kappa shape index (κ3) is 5.36. The molecule has 0 saturated heterocycles. The molecule has 2 unspecified atom stereocenters. The van der Waals surface area contributed by atoms with Crippen LogP contribution in [-0.2, 0) is 14.8 Å². The Morgan fingerprint density at radius 1 is 0.974 bits per heavy atom. The Balaban J connectivity index is 1.64. The average molecular weight is 537 g/mol. The second-order valence-corrected chi connectivity index (χ2v) is 12.1. The van der Waals surface area contributed by atoms with Crippen molar-refractivity contribution in [1.29, 1.82) is 0 Å². The Morgan fingerprint density at radius 3 is 2.26 bits per heavy atom. The lowest BCUT2D eigenvalue weighted by molar-refractivity contribution is -0.128. The van der Waals surface area contributed by atoms with Gasteiger partial charge in [0.15, 0.2) is 6.10 Å². The summed E-state index contributed by atoms with van der Waals surface area (Å²) in [5, 5.41) is 3.05. The number of hydrogen-bond acceptors (Lipinski definition) is 5. The number of methoxy groups -OCH3 is 1. The molecule has 3 aromatic carbocycles. The molecule has 0 aromatic heterocycles. The van der Waals surface area contributed by atoms with Gasteiger partial charge in [0.05, 0.1) is 30.3 Å². The van der Waals surface area contributed by atoms with E-state index in [-0.39, 0.29) is 29.3 Å². The number of nitrogens with one attached hydrogen (secondary N) is 1. The van der Waals surface area contributed by atoms with Gasteiger partial charge in [0.25, 0.3) is 15.9 Å². The lowest BCUT2D eigenvalue weighted by Crippen LogP contribution is -2.51. The number of aryl methyl sites for hydroxylation is 3. The largest absolute Gasteiger partial charge is 0.496 e. The van der Waals surface area contributed by atoms with E-state index in [1.165, 1.54) is 4.31 Å². The van der Waals surface area contributed by atoms with Gasteiger partial charge >= 0.3 is 0 Å². The zero-order valence-electron chi connectivity index (χ0n) is 23.0. The van der Waals surface area contributed by atoms with Gasteiger partial charge in [-0.05, 0) is 92.3 Å². The van der Waals surface area contributed by atoms with Crippen molar-refractivity contribution in [3.05, 3.63) is 82.4 Å². The Hall–Kier alpha value is -3.52. The summed E-state index contributed by atoms with van der Waals surface area (Å²) in [5.74, 6) is 1.05. The molecule has 0 spiro atoms. The number of rotatable bonds is 7. The molecule has 0 aliphatic carbocycles. The second-order valence-electron chi connectivity index (χ2n) is 10.3. The number of fused-ring (bicyclic) bond motifs is 1. The lowest BCUT2D eigenvalue weighted by Gasteiger charge is -2.35. The van der Waals surface area contributed by atoms with Gasteiger partial charge in [0.1, 0.15) is 11.5 Å². The number of benzene rings is 3. The summed E-state index contributed by atoms with van der Waals surface area (Å²) in [6.45, 7) is 11.8. The van der Waals surface area contributed by atoms with E-state index in [9.17, 15) is 13.2 Å². The molecule has 7 nitrogen and oxygen atoms in total. The minimum atomic E-state index is -3.92. The first-order chi connectivity index (χ1) is 17.9. The van der Waals surface area contributed by atoms with E-state index < -0.39 is 16.1 Å². The number of ether oxygens (including phenoxy) is 2. The van der Waals surface area contributed by atoms with E-state index in [1.807, 2.05) is 39.8 Å². The van der Waals surface area contributed by atoms with Crippen LogP contribution < -0.4 is 19.1 Å². The normalized spacial score (nSPS) is 16.0. The zero-order chi connectivity index (χ0) is 27.8. The van der Waals surface area contributed by atoms with Gasteiger partial charge in [-0.15, -0.1) is 0 Å². The van der Waals surface area contributed by atoms with Crippen LogP contribution in [0.1, 0.15) is 60.5 Å². The topological polar surface area (TPSA) is 84.9 Å². The maximum absolute atomic E-state index is 13.7. The van der Waals surface area contributed by atoms with Gasteiger partial charge in [-0.25, -0.2) is 8.42 Å². The molecule has 38 heavy (non-hydrogen) atoms. The molecule has 1 heterocycles. The van der Waals surface area contributed by atoms with Gasteiger partial charge in [-0.1, -0.05) is 37.6 Å². The van der Waals surface area contributed by atoms with Crippen molar-refractivity contribution in [3.8, 4) is 11.5 Å². The van der Waals surface area contributed by atoms with Crippen LogP contribution in [0.5, 0.6) is 11.5 Å². The Labute approximate surface area is 225 Å². The summed E-state index contributed by atoms with van der Waals surface area (Å²) in [6.07, 6.45) is -1.02. The van der Waals surface area contributed by atoms with Crippen molar-refractivity contribution < 1.29 is 22.7 Å². The first kappa shape index (κ1) is 27.5. The van der Waals surface area contributed by atoms with Crippen LogP contribution >= 0.6 is 0 Å². The molecule has 0 fully saturated rings. The molecular weight excluding hydrogens is 500 g/mol. The third-order valence-corrected chi connectivity index (χ3v) is 8.75. The number of carbonyl (C=O) groups is 1. The summed E-state index contributed by atoms with van der Waals surface area (Å²) in [4.78, 5) is 13.7.